The highest BCUT2D eigenvalue weighted by atomic mass is 35.5. The number of aryl methyl sites for hydroxylation is 3. The summed E-state index contributed by atoms with van der Waals surface area (Å²) in [5, 5.41) is 1.60. The van der Waals surface area contributed by atoms with Gasteiger partial charge in [-0.3, -0.25) is 0 Å². The monoisotopic (exact) mass is 452 g/mol. The molecule has 0 aromatic heterocycles. The standard InChI is InChI=1S/C14H17Cl.C8H9Cl.C7H8/c1-9(2)11(4)12(5)14-7-6-13(15)8-10(14)3;1-2-7-3-5-8(9)6-4-7;1-7-5-3-2-4-6-7/h6-8H,1H2,2-5H3;3-6H,2H2,1H3;2-6H,1H3/b12-11+;;. The van der Waals surface area contributed by atoms with Gasteiger partial charge >= 0.3 is 0 Å². The van der Waals surface area contributed by atoms with Crippen molar-refractivity contribution >= 4 is 28.8 Å². The number of benzene rings is 3. The Morgan fingerprint density at radius 2 is 1.32 bits per heavy atom. The zero-order valence-electron chi connectivity index (χ0n) is 19.6. The molecule has 0 saturated carbocycles. The van der Waals surface area contributed by atoms with Gasteiger partial charge in [0.15, 0.2) is 0 Å². The zero-order chi connectivity index (χ0) is 23.4. The van der Waals surface area contributed by atoms with Crippen LogP contribution in [0.5, 0.6) is 0 Å². The lowest BCUT2D eigenvalue weighted by atomic mass is 9.95. The van der Waals surface area contributed by atoms with Crippen molar-refractivity contribution in [2.75, 3.05) is 0 Å². The third kappa shape index (κ3) is 10.0. The molecule has 0 heterocycles. The molecule has 3 aromatic rings. The third-order valence-electron chi connectivity index (χ3n) is 5.06. The minimum absolute atomic E-state index is 0.789. The number of hydrogen-bond acceptors (Lipinski definition) is 0. The van der Waals surface area contributed by atoms with Gasteiger partial charge in [-0.15, -0.1) is 0 Å². The molecule has 3 rings (SSSR count). The molecule has 0 N–H and O–H groups in total. The van der Waals surface area contributed by atoms with E-state index >= 15 is 0 Å². The van der Waals surface area contributed by atoms with Gasteiger partial charge in [0.1, 0.15) is 0 Å². The molecular weight excluding hydrogens is 419 g/mol. The van der Waals surface area contributed by atoms with E-state index in [1.54, 1.807) is 0 Å². The van der Waals surface area contributed by atoms with Crippen molar-refractivity contribution in [2.45, 2.75) is 48.0 Å². The highest BCUT2D eigenvalue weighted by molar-refractivity contribution is 6.30. The van der Waals surface area contributed by atoms with Gasteiger partial charge in [0.2, 0.25) is 0 Å². The predicted octanol–water partition coefficient (Wildman–Crippen LogP) is 9.92. The summed E-state index contributed by atoms with van der Waals surface area (Å²) in [4.78, 5) is 0. The number of rotatable bonds is 3. The molecule has 31 heavy (non-hydrogen) atoms. The van der Waals surface area contributed by atoms with Crippen molar-refractivity contribution in [3.8, 4) is 0 Å². The maximum atomic E-state index is 5.93. The van der Waals surface area contributed by atoms with E-state index in [2.05, 4.69) is 59.4 Å². The van der Waals surface area contributed by atoms with Crippen molar-refractivity contribution in [2.24, 2.45) is 0 Å². The molecule has 0 amide bonds. The van der Waals surface area contributed by atoms with Crippen LogP contribution < -0.4 is 0 Å². The van der Waals surface area contributed by atoms with E-state index < -0.39 is 0 Å². The fourth-order valence-electron chi connectivity index (χ4n) is 2.82. The van der Waals surface area contributed by atoms with Crippen molar-refractivity contribution in [1.82, 2.24) is 0 Å². The van der Waals surface area contributed by atoms with Crippen LogP contribution in [0.4, 0.5) is 0 Å². The summed E-state index contributed by atoms with van der Waals surface area (Å²) in [6.07, 6.45) is 1.08. The maximum Gasteiger partial charge on any atom is 0.0409 e. The molecule has 0 unspecified atom stereocenters. The molecule has 164 valence electrons. The summed E-state index contributed by atoms with van der Waals surface area (Å²) in [5.41, 5.74) is 8.75. The van der Waals surface area contributed by atoms with Gasteiger partial charge < -0.3 is 0 Å². The van der Waals surface area contributed by atoms with Crippen LogP contribution in [0.3, 0.4) is 0 Å². The zero-order valence-corrected chi connectivity index (χ0v) is 21.1. The molecular formula is C29H34Cl2. The Hall–Kier alpha value is -2.28. The summed E-state index contributed by atoms with van der Waals surface area (Å²) in [5.74, 6) is 0. The summed E-state index contributed by atoms with van der Waals surface area (Å²) in [7, 11) is 0. The van der Waals surface area contributed by atoms with Crippen LogP contribution >= 0.6 is 23.2 Å². The van der Waals surface area contributed by atoms with Crippen LogP contribution in [0.2, 0.25) is 10.0 Å². The van der Waals surface area contributed by atoms with Crippen molar-refractivity contribution in [3.05, 3.63) is 123 Å². The molecule has 0 atom stereocenters. The molecule has 0 fully saturated rings. The number of allylic oxidation sites excluding steroid dienone is 3. The van der Waals surface area contributed by atoms with E-state index in [0.717, 1.165) is 22.0 Å². The van der Waals surface area contributed by atoms with E-state index in [9.17, 15) is 0 Å². The van der Waals surface area contributed by atoms with Gasteiger partial charge in [-0.25, -0.2) is 0 Å². The first-order valence-electron chi connectivity index (χ1n) is 10.5. The molecule has 0 aliphatic carbocycles. The maximum absolute atomic E-state index is 5.93. The predicted molar refractivity (Wildman–Crippen MR) is 141 cm³/mol. The van der Waals surface area contributed by atoms with Gasteiger partial charge in [0.05, 0.1) is 0 Å². The molecule has 0 aliphatic heterocycles. The second-order valence-corrected chi connectivity index (χ2v) is 8.50. The summed E-state index contributed by atoms with van der Waals surface area (Å²) >= 11 is 11.6. The average Bonchev–Trinajstić information content (AvgIpc) is 2.75. The Morgan fingerprint density at radius 1 is 0.774 bits per heavy atom. The van der Waals surface area contributed by atoms with Crippen molar-refractivity contribution < 1.29 is 0 Å². The summed E-state index contributed by atoms with van der Waals surface area (Å²) in [6.45, 7) is 16.5. The largest absolute Gasteiger partial charge is 0.0958 e. The Morgan fingerprint density at radius 3 is 1.74 bits per heavy atom. The van der Waals surface area contributed by atoms with Gasteiger partial charge in [0.25, 0.3) is 0 Å². The molecule has 0 spiro atoms. The highest BCUT2D eigenvalue weighted by Crippen LogP contribution is 2.26. The molecule has 0 aliphatic rings. The van der Waals surface area contributed by atoms with E-state index in [1.165, 1.54) is 33.4 Å². The van der Waals surface area contributed by atoms with E-state index in [1.807, 2.05) is 61.5 Å². The normalized spacial score (nSPS) is 10.7. The van der Waals surface area contributed by atoms with Gasteiger partial charge in [-0.1, -0.05) is 96.4 Å². The topological polar surface area (TPSA) is 0 Å². The van der Waals surface area contributed by atoms with Gasteiger partial charge in [-0.2, -0.15) is 0 Å². The Kier molecular flexibility index (Phi) is 12.0. The second-order valence-electron chi connectivity index (χ2n) is 7.62. The van der Waals surface area contributed by atoms with Gasteiger partial charge in [0, 0.05) is 10.0 Å². The fourth-order valence-corrected chi connectivity index (χ4v) is 3.18. The van der Waals surface area contributed by atoms with Crippen LogP contribution in [-0.4, -0.2) is 0 Å². The lowest BCUT2D eigenvalue weighted by Gasteiger charge is -2.11. The van der Waals surface area contributed by atoms with E-state index in [4.69, 9.17) is 23.2 Å². The smallest absolute Gasteiger partial charge is 0.0409 e. The van der Waals surface area contributed by atoms with E-state index in [0.29, 0.717) is 0 Å². The first-order chi connectivity index (χ1) is 14.6. The van der Waals surface area contributed by atoms with Crippen LogP contribution in [0, 0.1) is 13.8 Å². The van der Waals surface area contributed by atoms with E-state index in [-0.39, 0.29) is 0 Å². The molecule has 2 heteroatoms. The highest BCUT2D eigenvalue weighted by Gasteiger charge is 2.04. The molecule has 0 radical (unpaired) electrons. The Balaban J connectivity index is 0.000000254. The van der Waals surface area contributed by atoms with Crippen molar-refractivity contribution in [1.29, 1.82) is 0 Å². The quantitative estimate of drug-likeness (QED) is 0.346. The van der Waals surface area contributed by atoms with Crippen LogP contribution in [0.25, 0.3) is 5.57 Å². The average molecular weight is 453 g/mol. The summed E-state index contributed by atoms with van der Waals surface area (Å²) in [6, 6.07) is 24.2. The minimum Gasteiger partial charge on any atom is -0.0958 e. The fraction of sp³-hybridized carbons (Fsp3) is 0.241. The Bertz CT molecular complexity index is 981. The first kappa shape index (κ1) is 26.8. The minimum atomic E-state index is 0.789. The third-order valence-corrected chi connectivity index (χ3v) is 5.54. The first-order valence-corrected chi connectivity index (χ1v) is 11.3. The lowest BCUT2D eigenvalue weighted by Crippen LogP contribution is -1.90. The SMILES string of the molecule is C=C(C)/C(C)=C(\C)c1ccc(Cl)cc1C.CCc1ccc(Cl)cc1.Cc1ccccc1. The number of hydrogen-bond donors (Lipinski definition) is 0. The lowest BCUT2D eigenvalue weighted by molar-refractivity contribution is 1.14. The molecule has 0 bridgehead atoms. The van der Waals surface area contributed by atoms with Crippen LogP contribution in [0.1, 0.15) is 49.9 Å². The molecule has 0 nitrogen and oxygen atoms in total. The Labute approximate surface area is 199 Å². The second kappa shape index (κ2) is 13.9. The summed E-state index contributed by atoms with van der Waals surface area (Å²) < 4.78 is 0. The van der Waals surface area contributed by atoms with Crippen LogP contribution in [-0.2, 0) is 6.42 Å². The van der Waals surface area contributed by atoms with Crippen LogP contribution in [0.15, 0.2) is 90.5 Å². The van der Waals surface area contributed by atoms with Gasteiger partial charge in [-0.05, 0) is 93.1 Å². The number of halogens is 2. The molecule has 3 aromatic carbocycles. The van der Waals surface area contributed by atoms with Crippen molar-refractivity contribution in [3.63, 3.8) is 0 Å². The molecule has 0 saturated heterocycles.